The minimum atomic E-state index is 0.159. The highest BCUT2D eigenvalue weighted by Gasteiger charge is 2.18. The van der Waals surface area contributed by atoms with Crippen LogP contribution < -0.4 is 10.6 Å². The summed E-state index contributed by atoms with van der Waals surface area (Å²) in [6, 6.07) is 6.01. The molecule has 3 N–H and O–H groups in total. The van der Waals surface area contributed by atoms with Crippen molar-refractivity contribution in [1.82, 2.24) is 4.90 Å². The van der Waals surface area contributed by atoms with Gasteiger partial charge in [0.25, 0.3) is 0 Å². The van der Waals surface area contributed by atoms with Gasteiger partial charge in [-0.2, -0.15) is 0 Å². The quantitative estimate of drug-likeness (QED) is 0.613. The third-order valence-electron chi connectivity index (χ3n) is 3.56. The lowest BCUT2D eigenvalue weighted by molar-refractivity contribution is 0.360. The van der Waals surface area contributed by atoms with Gasteiger partial charge in [-0.15, -0.1) is 0 Å². The van der Waals surface area contributed by atoms with E-state index in [0.29, 0.717) is 0 Å². The number of likely N-dealkylation sites (N-methyl/N-ethyl adjacent to an activating group) is 1. The van der Waals surface area contributed by atoms with Crippen molar-refractivity contribution in [2.45, 2.75) is 13.3 Å². The van der Waals surface area contributed by atoms with E-state index in [2.05, 4.69) is 29.8 Å². The summed E-state index contributed by atoms with van der Waals surface area (Å²) in [5.41, 5.74) is 8.90. The zero-order chi connectivity index (χ0) is 13.1. The third-order valence-corrected chi connectivity index (χ3v) is 3.56. The summed E-state index contributed by atoms with van der Waals surface area (Å²) >= 11 is 0. The zero-order valence-electron chi connectivity index (χ0n) is 11.2. The Balaban J connectivity index is 2.34. The van der Waals surface area contributed by atoms with E-state index in [0.717, 1.165) is 43.9 Å². The van der Waals surface area contributed by atoms with Crippen LogP contribution in [0.1, 0.15) is 17.5 Å². The van der Waals surface area contributed by atoms with Gasteiger partial charge in [0.15, 0.2) is 0 Å². The molecule has 0 unspecified atom stereocenters. The average Bonchev–Trinajstić information content (AvgIpc) is 2.53. The Hall–Kier alpha value is -1.55. The van der Waals surface area contributed by atoms with Crippen molar-refractivity contribution in [3.8, 4) is 0 Å². The molecule has 1 aromatic rings. The highest BCUT2D eigenvalue weighted by atomic mass is 15.2. The first-order chi connectivity index (χ1) is 8.59. The van der Waals surface area contributed by atoms with Crippen LogP contribution in [0.4, 0.5) is 5.69 Å². The van der Waals surface area contributed by atoms with Crippen molar-refractivity contribution in [2.75, 3.05) is 38.1 Å². The number of nitrogens with one attached hydrogen (secondary N) is 1. The molecule has 1 heterocycles. The van der Waals surface area contributed by atoms with Gasteiger partial charge >= 0.3 is 0 Å². The molecule has 18 heavy (non-hydrogen) atoms. The highest BCUT2D eigenvalue weighted by molar-refractivity contribution is 6.01. The molecule has 4 heteroatoms. The lowest BCUT2D eigenvalue weighted by Gasteiger charge is -2.27. The fraction of sp³-hybridized carbons (Fsp3) is 0.500. The van der Waals surface area contributed by atoms with E-state index in [1.807, 2.05) is 12.1 Å². The average molecular weight is 246 g/mol. The number of aryl methyl sites for hydroxylation is 1. The van der Waals surface area contributed by atoms with Crippen LogP contribution in [0.3, 0.4) is 0 Å². The second-order valence-corrected chi connectivity index (χ2v) is 5.03. The maximum Gasteiger partial charge on any atom is 0.124 e. The second kappa shape index (κ2) is 5.40. The van der Waals surface area contributed by atoms with Gasteiger partial charge in [0.05, 0.1) is 5.69 Å². The molecule has 0 aliphatic carbocycles. The summed E-state index contributed by atoms with van der Waals surface area (Å²) in [5.74, 6) is 0.159. The van der Waals surface area contributed by atoms with E-state index in [1.54, 1.807) is 0 Å². The normalized spacial score (nSPS) is 17.6. The molecule has 2 rings (SSSR count). The molecule has 0 radical (unpaired) electrons. The van der Waals surface area contributed by atoms with Gasteiger partial charge in [0.1, 0.15) is 5.84 Å². The highest BCUT2D eigenvalue weighted by Crippen LogP contribution is 2.25. The van der Waals surface area contributed by atoms with Gasteiger partial charge in [-0.05, 0) is 38.6 Å². The van der Waals surface area contributed by atoms with E-state index < -0.39 is 0 Å². The molecule has 1 aliphatic heterocycles. The minimum Gasteiger partial charge on any atom is -0.384 e. The van der Waals surface area contributed by atoms with E-state index >= 15 is 0 Å². The predicted molar refractivity (Wildman–Crippen MR) is 76.5 cm³/mol. The summed E-state index contributed by atoms with van der Waals surface area (Å²) in [4.78, 5) is 4.72. The Labute approximate surface area is 109 Å². The smallest absolute Gasteiger partial charge is 0.124 e. The number of amidine groups is 1. The van der Waals surface area contributed by atoms with E-state index in [1.165, 1.54) is 5.56 Å². The first-order valence-corrected chi connectivity index (χ1v) is 6.47. The number of rotatable bonds is 2. The van der Waals surface area contributed by atoms with Gasteiger partial charge in [-0.1, -0.05) is 12.1 Å². The number of hydrogen-bond acceptors (Lipinski definition) is 3. The zero-order valence-corrected chi connectivity index (χ0v) is 11.2. The van der Waals surface area contributed by atoms with Crippen molar-refractivity contribution < 1.29 is 0 Å². The van der Waals surface area contributed by atoms with Crippen LogP contribution in [-0.2, 0) is 0 Å². The van der Waals surface area contributed by atoms with Crippen LogP contribution >= 0.6 is 0 Å². The Morgan fingerprint density at radius 2 is 2.00 bits per heavy atom. The summed E-state index contributed by atoms with van der Waals surface area (Å²) in [6.07, 6.45) is 1.15. The van der Waals surface area contributed by atoms with Crippen LogP contribution in [0.25, 0.3) is 0 Å². The van der Waals surface area contributed by atoms with Crippen molar-refractivity contribution >= 4 is 11.5 Å². The largest absolute Gasteiger partial charge is 0.384 e. The molecular formula is C14H22N4. The van der Waals surface area contributed by atoms with Crippen LogP contribution in [0.2, 0.25) is 0 Å². The summed E-state index contributed by atoms with van der Waals surface area (Å²) in [7, 11) is 2.16. The van der Waals surface area contributed by atoms with Gasteiger partial charge < -0.3 is 15.5 Å². The summed E-state index contributed by atoms with van der Waals surface area (Å²) in [5, 5.41) is 7.73. The molecule has 1 aliphatic rings. The Bertz CT molecular complexity index is 441. The van der Waals surface area contributed by atoms with Crippen LogP contribution in [0.15, 0.2) is 18.2 Å². The number of nitrogen functional groups attached to an aromatic ring is 1. The molecule has 1 saturated heterocycles. The third kappa shape index (κ3) is 2.64. The van der Waals surface area contributed by atoms with Crippen LogP contribution in [-0.4, -0.2) is 44.0 Å². The topological polar surface area (TPSA) is 56.4 Å². The van der Waals surface area contributed by atoms with Gasteiger partial charge in [0.2, 0.25) is 0 Å². The molecular weight excluding hydrogens is 224 g/mol. The molecule has 0 saturated carbocycles. The second-order valence-electron chi connectivity index (χ2n) is 5.03. The summed E-state index contributed by atoms with van der Waals surface area (Å²) in [6.45, 7) is 6.33. The molecule has 0 aromatic heterocycles. The van der Waals surface area contributed by atoms with Crippen molar-refractivity contribution in [1.29, 1.82) is 5.41 Å². The van der Waals surface area contributed by atoms with E-state index in [9.17, 15) is 0 Å². The van der Waals surface area contributed by atoms with Crippen LogP contribution in [0, 0.1) is 12.3 Å². The lowest BCUT2D eigenvalue weighted by atomic mass is 10.1. The molecule has 98 valence electrons. The summed E-state index contributed by atoms with van der Waals surface area (Å²) < 4.78 is 0. The lowest BCUT2D eigenvalue weighted by Crippen LogP contribution is -2.31. The molecule has 1 aromatic carbocycles. The molecule has 0 atom stereocenters. The SMILES string of the molecule is Cc1cccc(C(=N)N)c1N1CCCN(C)CC1. The van der Waals surface area contributed by atoms with Gasteiger partial charge in [-0.3, -0.25) is 5.41 Å². The first-order valence-electron chi connectivity index (χ1n) is 6.47. The fourth-order valence-corrected chi connectivity index (χ4v) is 2.57. The molecule has 0 amide bonds. The van der Waals surface area contributed by atoms with Crippen molar-refractivity contribution in [3.63, 3.8) is 0 Å². The van der Waals surface area contributed by atoms with Crippen molar-refractivity contribution in [2.24, 2.45) is 5.73 Å². The van der Waals surface area contributed by atoms with Gasteiger partial charge in [0, 0.05) is 25.2 Å². The minimum absolute atomic E-state index is 0.159. The fourth-order valence-electron chi connectivity index (χ4n) is 2.57. The number of nitrogens with two attached hydrogens (primary N) is 1. The Morgan fingerprint density at radius 3 is 2.72 bits per heavy atom. The van der Waals surface area contributed by atoms with E-state index in [-0.39, 0.29) is 5.84 Å². The number of anilines is 1. The Kier molecular flexibility index (Phi) is 3.87. The molecule has 4 nitrogen and oxygen atoms in total. The predicted octanol–water partition coefficient (Wildman–Crippen LogP) is 1.42. The standard InChI is InChI=1S/C14H22N4/c1-11-5-3-6-12(14(15)16)13(11)18-8-4-7-17(2)9-10-18/h3,5-6H,4,7-10H2,1-2H3,(H3,15,16). The van der Waals surface area contributed by atoms with Crippen LogP contribution in [0.5, 0.6) is 0 Å². The molecule has 1 fully saturated rings. The van der Waals surface area contributed by atoms with Gasteiger partial charge in [-0.25, -0.2) is 0 Å². The first kappa shape index (κ1) is 12.9. The number of benzene rings is 1. The number of para-hydroxylation sites is 1. The number of hydrogen-bond donors (Lipinski definition) is 2. The van der Waals surface area contributed by atoms with E-state index in [4.69, 9.17) is 11.1 Å². The number of nitrogens with zero attached hydrogens (tertiary/aromatic N) is 2. The molecule has 0 spiro atoms. The monoisotopic (exact) mass is 246 g/mol. The Morgan fingerprint density at radius 1 is 1.22 bits per heavy atom. The maximum absolute atomic E-state index is 7.73. The van der Waals surface area contributed by atoms with Crippen molar-refractivity contribution in [3.05, 3.63) is 29.3 Å². The maximum atomic E-state index is 7.73. The molecule has 0 bridgehead atoms.